The van der Waals surface area contributed by atoms with Crippen LogP contribution < -0.4 is 0 Å². The molecule has 0 unspecified atom stereocenters. The Labute approximate surface area is 125 Å². The molecule has 1 rings (SSSR count). The summed E-state index contributed by atoms with van der Waals surface area (Å²) in [4.78, 5) is 23.1. The summed E-state index contributed by atoms with van der Waals surface area (Å²) in [6.07, 6.45) is 0. The average Bonchev–Trinajstić information content (AvgIpc) is 2.28. The molecule has 0 spiro atoms. The number of carbonyl (C=O) groups is 1. The second-order valence-electron chi connectivity index (χ2n) is 5.43. The van der Waals surface area contributed by atoms with Crippen molar-refractivity contribution in [1.82, 2.24) is 4.90 Å². The molecule has 0 aromatic heterocycles. The highest BCUT2D eigenvalue weighted by Crippen LogP contribution is 2.30. The van der Waals surface area contributed by atoms with Crippen LogP contribution in [0.25, 0.3) is 0 Å². The first kappa shape index (κ1) is 16.6. The number of nitrogens with zero attached hydrogens (tertiary/aromatic N) is 2. The van der Waals surface area contributed by atoms with Gasteiger partial charge in [-0.05, 0) is 42.3 Å². The summed E-state index contributed by atoms with van der Waals surface area (Å²) in [5, 5.41) is 19.9. The van der Waals surface area contributed by atoms with Crippen LogP contribution in [0.4, 0.5) is 5.69 Å². The number of nitro groups is 1. The summed E-state index contributed by atoms with van der Waals surface area (Å²) in [6.45, 7) is 5.90. The summed E-state index contributed by atoms with van der Waals surface area (Å²) >= 11 is 3.23. The second-order valence-corrected chi connectivity index (χ2v) is 6.22. The Morgan fingerprint density at radius 2 is 2.05 bits per heavy atom. The van der Waals surface area contributed by atoms with Crippen molar-refractivity contribution in [3.63, 3.8) is 0 Å². The fraction of sp³-hybridized carbons (Fsp3) is 0.462. The Hall–Kier alpha value is -1.47. The third kappa shape index (κ3) is 4.28. The van der Waals surface area contributed by atoms with Gasteiger partial charge in [0.15, 0.2) is 0 Å². The lowest BCUT2D eigenvalue weighted by Crippen LogP contribution is -2.43. The number of aliphatic carboxylic acids is 1. The van der Waals surface area contributed by atoms with Crippen LogP contribution in [-0.4, -0.2) is 33.0 Å². The molecule has 110 valence electrons. The standard InChI is InChI=1S/C13H17BrN2O4/c1-13(2,3)15(8-11(17)18)7-9-5-4-6-10(12(9)14)16(19)20/h4-6H,7-8H2,1-3H3,(H,17,18). The lowest BCUT2D eigenvalue weighted by Gasteiger charge is -2.34. The van der Waals surface area contributed by atoms with E-state index in [4.69, 9.17) is 5.11 Å². The number of carboxylic acids is 1. The van der Waals surface area contributed by atoms with Crippen LogP contribution in [0.5, 0.6) is 0 Å². The summed E-state index contributed by atoms with van der Waals surface area (Å²) in [5.74, 6) is -0.929. The lowest BCUT2D eigenvalue weighted by atomic mass is 10.0. The van der Waals surface area contributed by atoms with Gasteiger partial charge in [-0.15, -0.1) is 0 Å². The molecule has 0 bridgehead atoms. The minimum atomic E-state index is -0.929. The monoisotopic (exact) mass is 344 g/mol. The zero-order valence-electron chi connectivity index (χ0n) is 11.6. The van der Waals surface area contributed by atoms with Crippen LogP contribution in [0.1, 0.15) is 26.3 Å². The minimum Gasteiger partial charge on any atom is -0.480 e. The Bertz CT molecular complexity index is 526. The maximum atomic E-state index is 10.9. The molecule has 20 heavy (non-hydrogen) atoms. The second kappa shape index (κ2) is 6.32. The van der Waals surface area contributed by atoms with Crippen LogP contribution in [0.3, 0.4) is 0 Å². The van der Waals surface area contributed by atoms with E-state index in [1.54, 1.807) is 17.0 Å². The molecule has 0 saturated carbocycles. The van der Waals surface area contributed by atoms with Crippen molar-refractivity contribution in [3.05, 3.63) is 38.3 Å². The van der Waals surface area contributed by atoms with Crippen LogP contribution in [0.2, 0.25) is 0 Å². The molecule has 0 fully saturated rings. The molecule has 0 aliphatic heterocycles. The molecular weight excluding hydrogens is 328 g/mol. The highest BCUT2D eigenvalue weighted by atomic mass is 79.9. The van der Waals surface area contributed by atoms with Gasteiger partial charge < -0.3 is 5.11 Å². The summed E-state index contributed by atoms with van der Waals surface area (Å²) < 4.78 is 0.393. The van der Waals surface area contributed by atoms with Crippen molar-refractivity contribution in [2.45, 2.75) is 32.9 Å². The van der Waals surface area contributed by atoms with Crippen LogP contribution in [0, 0.1) is 10.1 Å². The predicted octanol–water partition coefficient (Wildman–Crippen LogP) is 3.04. The fourth-order valence-electron chi connectivity index (χ4n) is 1.73. The van der Waals surface area contributed by atoms with Crippen LogP contribution >= 0.6 is 15.9 Å². The average molecular weight is 345 g/mol. The lowest BCUT2D eigenvalue weighted by molar-refractivity contribution is -0.385. The maximum Gasteiger partial charge on any atom is 0.317 e. The molecule has 0 heterocycles. The smallest absolute Gasteiger partial charge is 0.317 e. The number of benzene rings is 1. The third-order valence-electron chi connectivity index (χ3n) is 2.89. The number of rotatable bonds is 5. The molecule has 6 nitrogen and oxygen atoms in total. The van der Waals surface area contributed by atoms with Gasteiger partial charge in [-0.3, -0.25) is 19.8 Å². The number of nitro benzene ring substituents is 1. The van der Waals surface area contributed by atoms with Crippen LogP contribution in [-0.2, 0) is 11.3 Å². The molecule has 1 N–H and O–H groups in total. The molecule has 0 amide bonds. The van der Waals surface area contributed by atoms with E-state index >= 15 is 0 Å². The number of halogens is 1. The van der Waals surface area contributed by atoms with Crippen molar-refractivity contribution in [2.24, 2.45) is 0 Å². The highest BCUT2D eigenvalue weighted by Gasteiger charge is 2.25. The molecule has 1 aromatic carbocycles. The molecule has 0 aliphatic rings. The van der Waals surface area contributed by atoms with E-state index in [1.807, 2.05) is 20.8 Å². The van der Waals surface area contributed by atoms with Crippen molar-refractivity contribution in [2.75, 3.05) is 6.54 Å². The normalized spacial score (nSPS) is 11.7. The van der Waals surface area contributed by atoms with Gasteiger partial charge in [-0.2, -0.15) is 0 Å². The molecule has 0 atom stereocenters. The van der Waals surface area contributed by atoms with Crippen molar-refractivity contribution < 1.29 is 14.8 Å². The van der Waals surface area contributed by atoms with E-state index in [-0.39, 0.29) is 17.8 Å². The molecule has 7 heteroatoms. The molecule has 0 saturated heterocycles. The van der Waals surface area contributed by atoms with E-state index in [9.17, 15) is 14.9 Å². The van der Waals surface area contributed by atoms with Gasteiger partial charge in [0.2, 0.25) is 0 Å². The molecule has 0 aliphatic carbocycles. The summed E-state index contributed by atoms with van der Waals surface area (Å²) in [7, 11) is 0. The SMILES string of the molecule is CC(C)(C)N(CC(=O)O)Cc1cccc([N+](=O)[O-])c1Br. The highest BCUT2D eigenvalue weighted by molar-refractivity contribution is 9.10. The van der Waals surface area contributed by atoms with Crippen molar-refractivity contribution in [3.8, 4) is 0 Å². The third-order valence-corrected chi connectivity index (χ3v) is 3.81. The Morgan fingerprint density at radius 3 is 2.50 bits per heavy atom. The van der Waals surface area contributed by atoms with Gasteiger partial charge in [0, 0.05) is 18.2 Å². The van der Waals surface area contributed by atoms with Gasteiger partial charge >= 0.3 is 5.97 Å². The van der Waals surface area contributed by atoms with Crippen LogP contribution in [0.15, 0.2) is 22.7 Å². The van der Waals surface area contributed by atoms with Gasteiger partial charge in [0.25, 0.3) is 5.69 Å². The van der Waals surface area contributed by atoms with Gasteiger partial charge in [0.05, 0.1) is 15.9 Å². The van der Waals surface area contributed by atoms with Gasteiger partial charge in [0.1, 0.15) is 0 Å². The zero-order chi connectivity index (χ0) is 15.5. The maximum absolute atomic E-state index is 10.9. The van der Waals surface area contributed by atoms with Gasteiger partial charge in [-0.1, -0.05) is 12.1 Å². The van der Waals surface area contributed by atoms with Gasteiger partial charge in [-0.25, -0.2) is 0 Å². The summed E-state index contributed by atoms with van der Waals surface area (Å²) in [5.41, 5.74) is 0.310. The van der Waals surface area contributed by atoms with Crippen molar-refractivity contribution in [1.29, 1.82) is 0 Å². The first-order valence-electron chi connectivity index (χ1n) is 6.01. The first-order valence-corrected chi connectivity index (χ1v) is 6.81. The molecule has 0 radical (unpaired) electrons. The fourth-order valence-corrected chi connectivity index (χ4v) is 2.26. The largest absolute Gasteiger partial charge is 0.480 e. The van der Waals surface area contributed by atoms with E-state index in [2.05, 4.69) is 15.9 Å². The Balaban J connectivity index is 3.09. The minimum absolute atomic E-state index is 0.0216. The topological polar surface area (TPSA) is 83.7 Å². The summed E-state index contributed by atoms with van der Waals surface area (Å²) in [6, 6.07) is 4.75. The molecular formula is C13H17BrN2O4. The number of carboxylic acid groups (broad SMARTS) is 1. The van der Waals surface area contributed by atoms with E-state index in [1.165, 1.54) is 6.07 Å². The van der Waals surface area contributed by atoms with E-state index < -0.39 is 10.9 Å². The van der Waals surface area contributed by atoms with Crippen molar-refractivity contribution >= 4 is 27.6 Å². The predicted molar refractivity (Wildman–Crippen MR) is 78.6 cm³/mol. The Morgan fingerprint density at radius 1 is 1.45 bits per heavy atom. The first-order chi connectivity index (χ1) is 9.12. The Kier molecular flexibility index (Phi) is 5.24. The van der Waals surface area contributed by atoms with E-state index in [0.717, 1.165) is 0 Å². The zero-order valence-corrected chi connectivity index (χ0v) is 13.2. The van der Waals surface area contributed by atoms with E-state index in [0.29, 0.717) is 16.6 Å². The quantitative estimate of drug-likeness (QED) is 0.655. The number of hydrogen-bond acceptors (Lipinski definition) is 4. The molecule has 1 aromatic rings. The number of hydrogen-bond donors (Lipinski definition) is 1.